The highest BCUT2D eigenvalue weighted by atomic mass is 35.5. The van der Waals surface area contributed by atoms with Crippen LogP contribution >= 0.6 is 11.6 Å². The number of fused-ring (bicyclic) bond motifs is 1. The summed E-state index contributed by atoms with van der Waals surface area (Å²) in [4.78, 5) is 38.7. The second-order valence-corrected chi connectivity index (χ2v) is 8.56. The lowest BCUT2D eigenvalue weighted by atomic mass is 10.1. The summed E-state index contributed by atoms with van der Waals surface area (Å²) >= 11 is 6.13. The van der Waals surface area contributed by atoms with E-state index in [2.05, 4.69) is 16.1 Å². The number of nitrogens with zero attached hydrogens (tertiary/aromatic N) is 1. The Kier molecular flexibility index (Phi) is 7.26. The van der Waals surface area contributed by atoms with Crippen LogP contribution in [-0.4, -0.2) is 29.0 Å². The van der Waals surface area contributed by atoms with Crippen molar-refractivity contribution in [3.63, 3.8) is 0 Å². The van der Waals surface area contributed by atoms with Crippen molar-refractivity contribution in [2.75, 3.05) is 22.7 Å². The number of aromatic nitrogens is 1. The van der Waals surface area contributed by atoms with Crippen molar-refractivity contribution >= 4 is 51.6 Å². The number of halogens is 1. The predicted molar refractivity (Wildman–Crippen MR) is 141 cm³/mol. The van der Waals surface area contributed by atoms with Crippen LogP contribution in [0.4, 0.5) is 11.4 Å². The number of anilines is 2. The minimum Gasteiger partial charge on any atom is -0.494 e. The fourth-order valence-corrected chi connectivity index (χ4v) is 3.87. The van der Waals surface area contributed by atoms with E-state index in [1.165, 1.54) is 4.68 Å². The zero-order chi connectivity index (χ0) is 25.8. The zero-order valence-electron chi connectivity index (χ0n) is 20.0. The topological polar surface area (TPSA) is 101 Å². The van der Waals surface area contributed by atoms with Gasteiger partial charge in [0.1, 0.15) is 11.4 Å². The normalized spacial score (nSPS) is 10.7. The monoisotopic (exact) mass is 504 g/mol. The highest BCUT2D eigenvalue weighted by Gasteiger charge is 2.22. The highest BCUT2D eigenvalue weighted by molar-refractivity contribution is 6.42. The quantitative estimate of drug-likeness (QED) is 0.311. The molecular formula is C27H25ClN4O4. The van der Waals surface area contributed by atoms with Crippen LogP contribution in [0.15, 0.2) is 66.7 Å². The Morgan fingerprint density at radius 3 is 2.39 bits per heavy atom. The van der Waals surface area contributed by atoms with Crippen molar-refractivity contribution in [3.8, 4) is 5.75 Å². The first-order valence-corrected chi connectivity index (χ1v) is 11.7. The number of aryl methyl sites for hydroxylation is 1. The Bertz CT molecular complexity index is 1460. The summed E-state index contributed by atoms with van der Waals surface area (Å²) in [6.07, 6.45) is 0. The van der Waals surface area contributed by atoms with Crippen LogP contribution in [-0.2, 0) is 9.59 Å². The maximum Gasteiger partial charge on any atom is 0.328 e. The number of carbonyl (C=O) groups is 3. The number of hydrogen-bond donors (Lipinski definition) is 3. The van der Waals surface area contributed by atoms with Gasteiger partial charge in [0.05, 0.1) is 12.1 Å². The van der Waals surface area contributed by atoms with Crippen LogP contribution in [0.5, 0.6) is 5.75 Å². The maximum absolute atomic E-state index is 13.2. The lowest BCUT2D eigenvalue weighted by molar-refractivity contribution is -0.133. The van der Waals surface area contributed by atoms with Gasteiger partial charge in [-0.15, -0.1) is 0 Å². The lowest BCUT2D eigenvalue weighted by Gasteiger charge is -2.14. The van der Waals surface area contributed by atoms with Gasteiger partial charge in [0.15, 0.2) is 0 Å². The second-order valence-electron chi connectivity index (χ2n) is 8.12. The Morgan fingerprint density at radius 1 is 0.917 bits per heavy atom. The van der Waals surface area contributed by atoms with E-state index >= 15 is 0 Å². The van der Waals surface area contributed by atoms with Crippen LogP contribution in [0.25, 0.3) is 10.9 Å². The third-order valence-corrected chi connectivity index (χ3v) is 5.93. The molecule has 0 saturated carbocycles. The van der Waals surface area contributed by atoms with E-state index < -0.39 is 17.7 Å². The average molecular weight is 505 g/mol. The second kappa shape index (κ2) is 10.5. The first-order chi connectivity index (χ1) is 17.3. The van der Waals surface area contributed by atoms with Crippen molar-refractivity contribution < 1.29 is 19.1 Å². The Morgan fingerprint density at radius 2 is 1.67 bits per heavy atom. The van der Waals surface area contributed by atoms with E-state index in [9.17, 15) is 14.4 Å². The molecule has 0 aliphatic heterocycles. The SMILES string of the molecule is CCOc1ccc(NC(=O)c2cc3cc(Cl)ccc3n2NC(=O)C(=O)Nc2cccc(C)c2C)cc1. The summed E-state index contributed by atoms with van der Waals surface area (Å²) in [6, 6.07) is 18.9. The number of nitrogens with one attached hydrogen (secondary N) is 3. The number of rotatable bonds is 6. The van der Waals surface area contributed by atoms with E-state index in [1.807, 2.05) is 26.8 Å². The molecule has 4 aromatic rings. The summed E-state index contributed by atoms with van der Waals surface area (Å²) < 4.78 is 6.71. The molecule has 4 rings (SSSR count). The van der Waals surface area contributed by atoms with Crippen molar-refractivity contribution in [3.05, 3.63) is 88.6 Å². The summed E-state index contributed by atoms with van der Waals surface area (Å²) in [5, 5.41) is 6.52. The molecule has 0 bridgehead atoms. The molecule has 0 spiro atoms. The largest absolute Gasteiger partial charge is 0.494 e. The van der Waals surface area contributed by atoms with E-state index in [0.29, 0.717) is 39.7 Å². The molecule has 0 atom stereocenters. The molecule has 0 aliphatic rings. The number of amides is 3. The van der Waals surface area contributed by atoms with Crippen LogP contribution in [0, 0.1) is 13.8 Å². The Labute approximate surface area is 213 Å². The third-order valence-electron chi connectivity index (χ3n) is 5.69. The average Bonchev–Trinajstić information content (AvgIpc) is 3.20. The first kappa shape index (κ1) is 24.8. The molecule has 1 aromatic heterocycles. The molecule has 0 aliphatic carbocycles. The first-order valence-electron chi connectivity index (χ1n) is 11.3. The molecule has 3 amide bonds. The van der Waals surface area contributed by atoms with Crippen molar-refractivity contribution in [1.29, 1.82) is 0 Å². The van der Waals surface area contributed by atoms with Crippen molar-refractivity contribution in [1.82, 2.24) is 4.68 Å². The lowest BCUT2D eigenvalue weighted by Crippen LogP contribution is -2.36. The standard InChI is InChI=1S/C27H25ClN4O4/c1-4-36-21-11-9-20(10-12-21)29-25(33)24-15-18-14-19(28)8-13-23(18)32(24)31-27(35)26(34)30-22-7-5-6-16(2)17(22)3/h5-15H,4H2,1-3H3,(H,29,33)(H,30,34)(H,31,35). The van der Waals surface area contributed by atoms with Gasteiger partial charge in [0.25, 0.3) is 5.91 Å². The van der Waals surface area contributed by atoms with E-state index in [-0.39, 0.29) is 5.69 Å². The van der Waals surface area contributed by atoms with Gasteiger partial charge < -0.3 is 15.4 Å². The minimum atomic E-state index is -0.932. The van der Waals surface area contributed by atoms with E-state index in [1.54, 1.807) is 60.7 Å². The number of benzene rings is 3. The third kappa shape index (κ3) is 5.34. The van der Waals surface area contributed by atoms with Crippen LogP contribution < -0.4 is 20.8 Å². The molecular weight excluding hydrogens is 480 g/mol. The molecule has 184 valence electrons. The number of ether oxygens (including phenoxy) is 1. The van der Waals surface area contributed by atoms with Gasteiger partial charge in [-0.25, -0.2) is 4.68 Å². The smallest absolute Gasteiger partial charge is 0.328 e. The number of hydrogen-bond acceptors (Lipinski definition) is 4. The predicted octanol–water partition coefficient (Wildman–Crippen LogP) is 5.27. The zero-order valence-corrected chi connectivity index (χ0v) is 20.8. The molecule has 3 aromatic carbocycles. The maximum atomic E-state index is 13.2. The van der Waals surface area contributed by atoms with Gasteiger partial charge >= 0.3 is 11.8 Å². The van der Waals surface area contributed by atoms with Gasteiger partial charge in [0, 0.05) is 21.8 Å². The summed E-state index contributed by atoms with van der Waals surface area (Å²) in [5.41, 5.74) is 6.08. The Balaban J connectivity index is 1.60. The summed E-state index contributed by atoms with van der Waals surface area (Å²) in [6.45, 7) is 6.19. The van der Waals surface area contributed by atoms with Crippen LogP contribution in [0.3, 0.4) is 0 Å². The molecule has 0 fully saturated rings. The molecule has 8 nitrogen and oxygen atoms in total. The summed E-state index contributed by atoms with van der Waals surface area (Å²) in [5.74, 6) is -1.60. The van der Waals surface area contributed by atoms with Crippen LogP contribution in [0.1, 0.15) is 28.5 Å². The van der Waals surface area contributed by atoms with E-state index in [0.717, 1.165) is 11.1 Å². The molecule has 9 heteroatoms. The Hall–Kier alpha value is -4.30. The molecule has 3 N–H and O–H groups in total. The summed E-state index contributed by atoms with van der Waals surface area (Å²) in [7, 11) is 0. The highest BCUT2D eigenvalue weighted by Crippen LogP contribution is 2.24. The minimum absolute atomic E-state index is 0.119. The van der Waals surface area contributed by atoms with E-state index in [4.69, 9.17) is 16.3 Å². The fraction of sp³-hybridized carbons (Fsp3) is 0.148. The van der Waals surface area contributed by atoms with Gasteiger partial charge in [-0.1, -0.05) is 23.7 Å². The molecule has 36 heavy (non-hydrogen) atoms. The molecule has 1 heterocycles. The van der Waals surface area contributed by atoms with Gasteiger partial charge in [-0.3, -0.25) is 19.8 Å². The fourth-order valence-electron chi connectivity index (χ4n) is 3.69. The van der Waals surface area contributed by atoms with Gasteiger partial charge in [0.2, 0.25) is 0 Å². The molecule has 0 unspecified atom stereocenters. The molecule has 0 saturated heterocycles. The molecule has 0 radical (unpaired) electrons. The number of carbonyl (C=O) groups excluding carboxylic acids is 3. The van der Waals surface area contributed by atoms with Gasteiger partial charge in [-0.05, 0) is 86.5 Å². The van der Waals surface area contributed by atoms with Crippen molar-refractivity contribution in [2.24, 2.45) is 0 Å². The van der Waals surface area contributed by atoms with Crippen molar-refractivity contribution in [2.45, 2.75) is 20.8 Å². The van der Waals surface area contributed by atoms with Gasteiger partial charge in [-0.2, -0.15) is 0 Å². The van der Waals surface area contributed by atoms with Crippen LogP contribution in [0.2, 0.25) is 5.02 Å².